The molecule has 9 heteroatoms. The van der Waals surface area contributed by atoms with Crippen LogP contribution in [0.4, 0.5) is 4.79 Å². The maximum Gasteiger partial charge on any atom is 0.409 e. The molecular weight excluding hydrogens is 394 g/mol. The van der Waals surface area contributed by atoms with E-state index in [1.165, 1.54) is 12.7 Å². The van der Waals surface area contributed by atoms with E-state index in [1.54, 1.807) is 17.3 Å². The zero-order valence-electron chi connectivity index (χ0n) is 17.5. The van der Waals surface area contributed by atoms with Gasteiger partial charge in [0.2, 0.25) is 0 Å². The predicted molar refractivity (Wildman–Crippen MR) is 113 cm³/mol. The minimum Gasteiger partial charge on any atom is -0.453 e. The van der Waals surface area contributed by atoms with Gasteiger partial charge in [0.05, 0.1) is 19.2 Å². The van der Waals surface area contributed by atoms with E-state index in [2.05, 4.69) is 35.7 Å². The van der Waals surface area contributed by atoms with Gasteiger partial charge in [-0.2, -0.15) is 0 Å². The molecule has 5 heterocycles. The summed E-state index contributed by atoms with van der Waals surface area (Å²) < 4.78 is 7.29. The van der Waals surface area contributed by atoms with E-state index in [-0.39, 0.29) is 11.6 Å². The van der Waals surface area contributed by atoms with Crippen molar-refractivity contribution in [1.29, 1.82) is 0 Å². The van der Waals surface area contributed by atoms with Gasteiger partial charge >= 0.3 is 6.09 Å². The number of fused-ring (bicyclic) bond motifs is 2. The lowest BCUT2D eigenvalue weighted by molar-refractivity contribution is 0.0341. The highest BCUT2D eigenvalue weighted by atomic mass is 16.5. The van der Waals surface area contributed by atoms with Crippen molar-refractivity contribution in [2.24, 2.45) is 0 Å². The molecule has 1 fully saturated rings. The molecule has 0 bridgehead atoms. The van der Waals surface area contributed by atoms with Crippen molar-refractivity contribution >= 4 is 6.09 Å². The fourth-order valence-electron chi connectivity index (χ4n) is 4.77. The van der Waals surface area contributed by atoms with Gasteiger partial charge in [0, 0.05) is 56.5 Å². The largest absolute Gasteiger partial charge is 0.453 e. The van der Waals surface area contributed by atoms with Gasteiger partial charge in [-0.15, -0.1) is 10.2 Å². The first-order chi connectivity index (χ1) is 15.2. The molecule has 0 aromatic carbocycles. The SMILES string of the molecule is COC(=O)N1Cc2nnc(-c3cccnc3)n2C2(CCN(Cc3cccnc3)CC2)C1. The molecule has 0 atom stereocenters. The normalized spacial score (nSPS) is 18.0. The Morgan fingerprint density at radius 3 is 2.55 bits per heavy atom. The molecule has 5 rings (SSSR count). The second-order valence-electron chi connectivity index (χ2n) is 8.20. The van der Waals surface area contributed by atoms with Gasteiger partial charge in [0.25, 0.3) is 0 Å². The molecule has 1 amide bonds. The number of carbonyl (C=O) groups is 1. The minimum absolute atomic E-state index is 0.276. The van der Waals surface area contributed by atoms with Crippen LogP contribution >= 0.6 is 0 Å². The molecule has 2 aliphatic rings. The third-order valence-electron chi connectivity index (χ3n) is 6.29. The van der Waals surface area contributed by atoms with E-state index in [0.717, 1.165) is 49.7 Å². The van der Waals surface area contributed by atoms with E-state index in [1.807, 2.05) is 30.6 Å². The lowest BCUT2D eigenvalue weighted by Crippen LogP contribution is -2.57. The van der Waals surface area contributed by atoms with Gasteiger partial charge in [-0.25, -0.2) is 4.79 Å². The number of pyridine rings is 2. The number of ether oxygens (including phenoxy) is 1. The van der Waals surface area contributed by atoms with Gasteiger partial charge in [-0.05, 0) is 36.6 Å². The summed E-state index contributed by atoms with van der Waals surface area (Å²) in [5.74, 6) is 1.60. The number of piperidine rings is 1. The molecule has 1 saturated heterocycles. The van der Waals surface area contributed by atoms with E-state index in [9.17, 15) is 4.79 Å². The summed E-state index contributed by atoms with van der Waals surface area (Å²) in [6, 6.07) is 7.99. The van der Waals surface area contributed by atoms with Crippen LogP contribution in [0.2, 0.25) is 0 Å². The fraction of sp³-hybridized carbons (Fsp3) is 0.409. The molecule has 0 saturated carbocycles. The number of aromatic nitrogens is 5. The lowest BCUT2D eigenvalue weighted by atomic mass is 9.84. The summed E-state index contributed by atoms with van der Waals surface area (Å²) in [7, 11) is 1.42. The Bertz CT molecular complexity index is 1050. The highest BCUT2D eigenvalue weighted by Gasteiger charge is 2.45. The van der Waals surface area contributed by atoms with Crippen LogP contribution in [0, 0.1) is 0 Å². The first-order valence-electron chi connectivity index (χ1n) is 10.5. The van der Waals surface area contributed by atoms with Crippen molar-refractivity contribution < 1.29 is 9.53 Å². The van der Waals surface area contributed by atoms with E-state index in [0.29, 0.717) is 13.1 Å². The Kier molecular flexibility index (Phi) is 5.11. The Morgan fingerprint density at radius 2 is 1.87 bits per heavy atom. The summed E-state index contributed by atoms with van der Waals surface area (Å²) >= 11 is 0. The number of carbonyl (C=O) groups excluding carboxylic acids is 1. The number of hydrogen-bond donors (Lipinski definition) is 0. The first kappa shape index (κ1) is 19.6. The maximum absolute atomic E-state index is 12.4. The molecule has 31 heavy (non-hydrogen) atoms. The lowest BCUT2D eigenvalue weighted by Gasteiger charge is -2.48. The van der Waals surface area contributed by atoms with Crippen LogP contribution in [-0.2, 0) is 23.4 Å². The average molecular weight is 419 g/mol. The molecular formula is C22H25N7O2. The smallest absolute Gasteiger partial charge is 0.409 e. The Labute approximate surface area is 180 Å². The Morgan fingerprint density at radius 1 is 1.10 bits per heavy atom. The molecule has 0 N–H and O–H groups in total. The van der Waals surface area contributed by atoms with Crippen molar-refractivity contribution in [3.63, 3.8) is 0 Å². The molecule has 0 radical (unpaired) electrons. The second-order valence-corrected chi connectivity index (χ2v) is 8.20. The Hall–Kier alpha value is -3.33. The van der Waals surface area contributed by atoms with Gasteiger partial charge in [0.1, 0.15) is 0 Å². The molecule has 160 valence electrons. The quantitative estimate of drug-likeness (QED) is 0.644. The molecule has 0 aliphatic carbocycles. The van der Waals surface area contributed by atoms with Crippen molar-refractivity contribution in [2.45, 2.75) is 31.5 Å². The third kappa shape index (κ3) is 3.65. The number of methoxy groups -OCH3 is 1. The fourth-order valence-corrected chi connectivity index (χ4v) is 4.77. The summed E-state index contributed by atoms with van der Waals surface area (Å²) in [6.07, 6.45) is 8.73. The topological polar surface area (TPSA) is 89.3 Å². The van der Waals surface area contributed by atoms with Gasteiger partial charge in [-0.1, -0.05) is 6.07 Å². The van der Waals surface area contributed by atoms with E-state index < -0.39 is 0 Å². The van der Waals surface area contributed by atoms with Crippen LogP contribution in [0.5, 0.6) is 0 Å². The summed E-state index contributed by atoms with van der Waals surface area (Å²) in [4.78, 5) is 25.1. The van der Waals surface area contributed by atoms with E-state index in [4.69, 9.17) is 4.74 Å². The van der Waals surface area contributed by atoms with Crippen LogP contribution < -0.4 is 0 Å². The molecule has 2 aliphatic heterocycles. The van der Waals surface area contributed by atoms with Gasteiger partial charge in [-0.3, -0.25) is 19.8 Å². The van der Waals surface area contributed by atoms with Crippen LogP contribution in [0.3, 0.4) is 0 Å². The number of rotatable bonds is 3. The molecule has 1 spiro atoms. The predicted octanol–water partition coefficient (Wildman–Crippen LogP) is 2.31. The third-order valence-corrected chi connectivity index (χ3v) is 6.29. The number of hydrogen-bond acceptors (Lipinski definition) is 7. The van der Waals surface area contributed by atoms with Gasteiger partial charge in [0.15, 0.2) is 11.6 Å². The molecule has 3 aromatic heterocycles. The van der Waals surface area contributed by atoms with Crippen LogP contribution in [0.15, 0.2) is 49.1 Å². The second kappa shape index (κ2) is 8.07. The molecule has 3 aromatic rings. The van der Waals surface area contributed by atoms with Crippen molar-refractivity contribution in [3.05, 3.63) is 60.4 Å². The maximum atomic E-state index is 12.4. The van der Waals surface area contributed by atoms with Crippen LogP contribution in [0.25, 0.3) is 11.4 Å². The number of likely N-dealkylation sites (tertiary alicyclic amines) is 1. The summed E-state index contributed by atoms with van der Waals surface area (Å²) in [5.41, 5.74) is 1.87. The van der Waals surface area contributed by atoms with E-state index >= 15 is 0 Å². The number of nitrogens with zero attached hydrogens (tertiary/aromatic N) is 7. The first-order valence-corrected chi connectivity index (χ1v) is 10.5. The van der Waals surface area contributed by atoms with Crippen molar-refractivity contribution in [1.82, 2.24) is 34.5 Å². The molecule has 0 unspecified atom stereocenters. The summed E-state index contributed by atoms with van der Waals surface area (Å²) in [6.45, 7) is 3.66. The zero-order valence-corrected chi connectivity index (χ0v) is 17.5. The molecule has 9 nitrogen and oxygen atoms in total. The van der Waals surface area contributed by atoms with Crippen LogP contribution in [-0.4, -0.2) is 67.4 Å². The number of amides is 1. The van der Waals surface area contributed by atoms with Crippen molar-refractivity contribution in [3.8, 4) is 11.4 Å². The van der Waals surface area contributed by atoms with Gasteiger partial charge < -0.3 is 9.30 Å². The summed E-state index contributed by atoms with van der Waals surface area (Å²) in [5, 5.41) is 8.95. The zero-order chi connectivity index (χ0) is 21.3. The standard InChI is InChI=1S/C22H25N7O2/c1-31-21(30)28-15-19-25-26-20(18-5-3-9-24-13-18)29(19)22(16-28)6-10-27(11-7-22)14-17-4-2-8-23-12-17/h2-5,8-9,12-13H,6-7,10-11,14-16H2,1H3. The average Bonchev–Trinajstić information content (AvgIpc) is 3.26. The minimum atomic E-state index is -0.325. The Balaban J connectivity index is 1.46. The highest BCUT2D eigenvalue weighted by molar-refractivity contribution is 5.68. The van der Waals surface area contributed by atoms with Crippen molar-refractivity contribution in [2.75, 3.05) is 26.7 Å². The van der Waals surface area contributed by atoms with Crippen LogP contribution in [0.1, 0.15) is 24.2 Å². The monoisotopic (exact) mass is 419 g/mol. The highest BCUT2D eigenvalue weighted by Crippen LogP contribution is 2.39.